The van der Waals surface area contributed by atoms with Gasteiger partial charge in [-0.3, -0.25) is 14.4 Å². The molecule has 2 aliphatic heterocycles. The zero-order chi connectivity index (χ0) is 19.5. The van der Waals surface area contributed by atoms with Crippen LogP contribution in [0, 0.1) is 5.92 Å². The maximum absolute atomic E-state index is 13.5. The standard InChI is InChI=1S/C21H28N2O4S.2H2S/c24-17-12-27-18-7-4-9-23(19(17)18)21(26)16(11-14-5-2-1-3-6-14)22-20(25)15-8-10-28-13-15;;/h8,10,13-14,16,18-19H,1-7,9,11-12H2,(H,22,25);2*1H2/t16-,18+,19+;;/m0../s1. The van der Waals surface area contributed by atoms with Crippen molar-refractivity contribution in [2.75, 3.05) is 13.2 Å². The summed E-state index contributed by atoms with van der Waals surface area (Å²) in [5.41, 5.74) is 0.586. The molecule has 3 atom stereocenters. The largest absolute Gasteiger partial charge is 0.368 e. The summed E-state index contributed by atoms with van der Waals surface area (Å²) < 4.78 is 5.59. The second-order valence-electron chi connectivity index (χ2n) is 8.21. The summed E-state index contributed by atoms with van der Waals surface area (Å²) in [7, 11) is 0. The highest BCUT2D eigenvalue weighted by Crippen LogP contribution is 2.30. The Morgan fingerprint density at radius 2 is 1.93 bits per heavy atom. The number of ketones is 1. The van der Waals surface area contributed by atoms with Crippen LogP contribution < -0.4 is 5.32 Å². The van der Waals surface area contributed by atoms with Crippen molar-refractivity contribution in [3.63, 3.8) is 0 Å². The van der Waals surface area contributed by atoms with Gasteiger partial charge in [-0.05, 0) is 36.6 Å². The number of likely N-dealkylation sites (tertiary alicyclic amines) is 1. The van der Waals surface area contributed by atoms with E-state index >= 15 is 0 Å². The van der Waals surface area contributed by atoms with Crippen molar-refractivity contribution in [3.05, 3.63) is 22.4 Å². The van der Waals surface area contributed by atoms with Crippen molar-refractivity contribution in [1.29, 1.82) is 0 Å². The molecule has 0 unspecified atom stereocenters. The Hall–Kier alpha value is -1.03. The molecule has 3 heterocycles. The van der Waals surface area contributed by atoms with Crippen molar-refractivity contribution in [1.82, 2.24) is 10.2 Å². The average Bonchev–Trinajstić information content (AvgIpc) is 3.38. The molecule has 1 saturated carbocycles. The van der Waals surface area contributed by atoms with E-state index in [1.807, 2.05) is 5.38 Å². The average molecular weight is 473 g/mol. The van der Waals surface area contributed by atoms with Gasteiger partial charge in [-0.2, -0.15) is 38.3 Å². The van der Waals surface area contributed by atoms with E-state index in [0.29, 0.717) is 24.4 Å². The summed E-state index contributed by atoms with van der Waals surface area (Å²) in [5, 5.41) is 6.64. The van der Waals surface area contributed by atoms with E-state index in [2.05, 4.69) is 5.32 Å². The molecule has 30 heavy (non-hydrogen) atoms. The fourth-order valence-electron chi connectivity index (χ4n) is 4.85. The number of hydrogen-bond acceptors (Lipinski definition) is 5. The molecular weight excluding hydrogens is 440 g/mol. The minimum atomic E-state index is -0.581. The predicted molar refractivity (Wildman–Crippen MR) is 127 cm³/mol. The number of piperidine rings is 1. The zero-order valence-corrected chi connectivity index (χ0v) is 19.9. The molecule has 9 heteroatoms. The molecule has 2 amide bonds. The molecule has 1 aliphatic carbocycles. The number of carbonyl (C=O) groups is 3. The number of amides is 2. The summed E-state index contributed by atoms with van der Waals surface area (Å²) in [6.45, 7) is 0.651. The molecule has 4 rings (SSSR count). The fraction of sp³-hybridized carbons (Fsp3) is 0.667. The summed E-state index contributed by atoms with van der Waals surface area (Å²) in [5.74, 6) is 0.0980. The van der Waals surface area contributed by atoms with E-state index in [0.717, 1.165) is 25.7 Å². The lowest BCUT2D eigenvalue weighted by molar-refractivity contribution is -0.142. The van der Waals surface area contributed by atoms with Crippen LogP contribution in [0.2, 0.25) is 0 Å². The number of fused-ring (bicyclic) bond motifs is 1. The topological polar surface area (TPSA) is 75.7 Å². The van der Waals surface area contributed by atoms with Gasteiger partial charge in [-0.15, -0.1) is 0 Å². The van der Waals surface area contributed by atoms with E-state index < -0.39 is 12.1 Å². The predicted octanol–water partition coefficient (Wildman–Crippen LogP) is 3.00. The van der Waals surface area contributed by atoms with Gasteiger partial charge in [0.1, 0.15) is 18.7 Å². The van der Waals surface area contributed by atoms with Gasteiger partial charge in [0, 0.05) is 11.9 Å². The Morgan fingerprint density at radius 1 is 1.17 bits per heavy atom. The van der Waals surface area contributed by atoms with Crippen molar-refractivity contribution in [2.24, 2.45) is 5.92 Å². The Balaban J connectivity index is 0.00000160. The van der Waals surface area contributed by atoms with Gasteiger partial charge in [-0.1, -0.05) is 32.1 Å². The normalized spacial score (nSPS) is 24.9. The first-order valence-corrected chi connectivity index (χ1v) is 11.4. The van der Waals surface area contributed by atoms with Crippen molar-refractivity contribution < 1.29 is 19.1 Å². The molecule has 2 saturated heterocycles. The highest BCUT2D eigenvalue weighted by Gasteiger charge is 2.46. The molecule has 168 valence electrons. The monoisotopic (exact) mass is 472 g/mol. The molecule has 1 aromatic rings. The number of Topliss-reactive ketones (excluding diaryl/α,β-unsaturated/α-hetero) is 1. The maximum atomic E-state index is 13.5. The molecule has 1 aromatic heterocycles. The second-order valence-corrected chi connectivity index (χ2v) is 8.99. The van der Waals surface area contributed by atoms with Gasteiger partial charge < -0.3 is 15.0 Å². The summed E-state index contributed by atoms with van der Waals surface area (Å²) in [4.78, 5) is 40.2. The van der Waals surface area contributed by atoms with Crippen LogP contribution in [-0.4, -0.2) is 53.8 Å². The van der Waals surface area contributed by atoms with E-state index in [1.165, 1.54) is 30.6 Å². The summed E-state index contributed by atoms with van der Waals surface area (Å²) >= 11 is 1.46. The molecule has 0 radical (unpaired) electrons. The molecule has 0 spiro atoms. The van der Waals surface area contributed by atoms with Gasteiger partial charge in [0.05, 0.1) is 11.7 Å². The quantitative estimate of drug-likeness (QED) is 0.715. The first-order chi connectivity index (χ1) is 13.6. The number of nitrogens with zero attached hydrogens (tertiary/aromatic N) is 1. The Kier molecular flexibility index (Phi) is 9.71. The number of hydrogen-bond donors (Lipinski definition) is 1. The van der Waals surface area contributed by atoms with Gasteiger partial charge in [0.2, 0.25) is 5.91 Å². The van der Waals surface area contributed by atoms with E-state index in [9.17, 15) is 14.4 Å². The third-order valence-corrected chi connectivity index (χ3v) is 6.99. The Morgan fingerprint density at radius 3 is 2.63 bits per heavy atom. The van der Waals surface area contributed by atoms with Gasteiger partial charge in [-0.25, -0.2) is 0 Å². The Labute approximate surface area is 196 Å². The number of carbonyl (C=O) groups excluding carboxylic acids is 3. The number of ether oxygens (including phenoxy) is 1. The molecule has 6 nitrogen and oxygen atoms in total. The lowest BCUT2D eigenvalue weighted by atomic mass is 9.84. The SMILES string of the molecule is O=C(N[C@@H](CC1CCCCC1)C(=O)N1CCC[C@H]2OCC(=O)[C@H]21)c1ccsc1.S.S. The lowest BCUT2D eigenvalue weighted by Crippen LogP contribution is -2.58. The van der Waals surface area contributed by atoms with Gasteiger partial charge in [0.15, 0.2) is 5.78 Å². The second kappa shape index (κ2) is 11.5. The van der Waals surface area contributed by atoms with Crippen LogP contribution in [-0.2, 0) is 14.3 Å². The van der Waals surface area contributed by atoms with Crippen molar-refractivity contribution in [3.8, 4) is 0 Å². The van der Waals surface area contributed by atoms with Crippen molar-refractivity contribution in [2.45, 2.75) is 69.6 Å². The summed E-state index contributed by atoms with van der Waals surface area (Å²) in [6, 6.07) is 0.712. The third-order valence-electron chi connectivity index (χ3n) is 6.31. The van der Waals surface area contributed by atoms with Gasteiger partial charge >= 0.3 is 0 Å². The number of rotatable bonds is 5. The first-order valence-electron chi connectivity index (χ1n) is 10.4. The first kappa shape index (κ1) is 25.2. The smallest absolute Gasteiger partial charge is 0.252 e. The minimum absolute atomic E-state index is 0. The third kappa shape index (κ3) is 5.60. The highest BCUT2D eigenvalue weighted by molar-refractivity contribution is 7.59. The van der Waals surface area contributed by atoms with Crippen LogP contribution in [0.3, 0.4) is 0 Å². The molecule has 0 bridgehead atoms. The Bertz CT molecular complexity index is 722. The van der Waals surface area contributed by atoms with Crippen LogP contribution in [0.4, 0.5) is 0 Å². The maximum Gasteiger partial charge on any atom is 0.252 e. The van der Waals surface area contributed by atoms with Crippen LogP contribution >= 0.6 is 38.3 Å². The van der Waals surface area contributed by atoms with Crippen molar-refractivity contribution >= 4 is 55.9 Å². The van der Waals surface area contributed by atoms with E-state index in [1.54, 1.807) is 16.3 Å². The molecule has 0 aromatic carbocycles. The number of thiophene rings is 1. The molecule has 1 N–H and O–H groups in total. The van der Waals surface area contributed by atoms with E-state index in [4.69, 9.17) is 4.74 Å². The van der Waals surface area contributed by atoms with Crippen LogP contribution in [0.1, 0.15) is 61.7 Å². The molecular formula is C21H32N2O4S3. The lowest BCUT2D eigenvalue weighted by Gasteiger charge is -2.38. The van der Waals surface area contributed by atoms with Crippen LogP contribution in [0.5, 0.6) is 0 Å². The van der Waals surface area contributed by atoms with E-state index in [-0.39, 0.29) is 57.3 Å². The zero-order valence-electron chi connectivity index (χ0n) is 17.1. The van der Waals surface area contributed by atoms with Crippen LogP contribution in [0.25, 0.3) is 0 Å². The van der Waals surface area contributed by atoms with Gasteiger partial charge in [0.25, 0.3) is 5.91 Å². The summed E-state index contributed by atoms with van der Waals surface area (Å²) in [6.07, 6.45) is 7.93. The molecule has 3 aliphatic rings. The highest BCUT2D eigenvalue weighted by atomic mass is 32.1. The van der Waals surface area contributed by atoms with Crippen LogP contribution in [0.15, 0.2) is 16.8 Å². The number of nitrogens with one attached hydrogen (secondary N) is 1. The fourth-order valence-corrected chi connectivity index (χ4v) is 5.49. The molecule has 3 fully saturated rings. The minimum Gasteiger partial charge on any atom is -0.368 e.